The lowest BCUT2D eigenvalue weighted by Crippen LogP contribution is -2.49. The Morgan fingerprint density at radius 3 is 2.33 bits per heavy atom. The third-order valence-electron chi connectivity index (χ3n) is 7.28. The number of benzene rings is 3. The molecule has 3 rings (SSSR count). The molecular weight excluding hydrogens is 570 g/mol. The van der Waals surface area contributed by atoms with Gasteiger partial charge in [0, 0.05) is 31.6 Å². The number of unbranched alkanes of at least 4 members (excludes halogenated alkanes) is 2. The first-order valence-electron chi connectivity index (χ1n) is 15.2. The van der Waals surface area contributed by atoms with Gasteiger partial charge in [0.05, 0.1) is 12.5 Å². The number of ether oxygens (including phenoxy) is 1. The Hall–Kier alpha value is -4.76. The zero-order valence-electron chi connectivity index (χ0n) is 25.7. The van der Waals surface area contributed by atoms with Gasteiger partial charge in [-0.2, -0.15) is 0 Å². The van der Waals surface area contributed by atoms with Gasteiger partial charge in [-0.1, -0.05) is 72.8 Å². The van der Waals surface area contributed by atoms with Crippen molar-refractivity contribution in [1.82, 2.24) is 10.2 Å². The second-order valence-corrected chi connectivity index (χ2v) is 10.8. The van der Waals surface area contributed by atoms with E-state index in [4.69, 9.17) is 4.74 Å². The fraction of sp³-hybridized carbons (Fsp3) is 0.333. The van der Waals surface area contributed by atoms with Crippen LogP contribution in [-0.4, -0.2) is 59.5 Å². The normalized spacial score (nSPS) is 12.0. The molecular formula is C36H43N3O6. The van der Waals surface area contributed by atoms with Crippen LogP contribution in [0.25, 0.3) is 10.8 Å². The molecule has 0 saturated carbocycles. The highest BCUT2D eigenvalue weighted by molar-refractivity contribution is 5.99. The number of aliphatic hydroxyl groups is 1. The number of fused-ring (bicyclic) bond motifs is 1. The molecule has 0 radical (unpaired) electrons. The lowest BCUT2D eigenvalue weighted by Gasteiger charge is -2.25. The van der Waals surface area contributed by atoms with Gasteiger partial charge in [0.2, 0.25) is 11.8 Å². The molecule has 2 unspecified atom stereocenters. The van der Waals surface area contributed by atoms with Crippen molar-refractivity contribution in [3.8, 4) is 0 Å². The van der Waals surface area contributed by atoms with E-state index in [0.29, 0.717) is 12.1 Å². The quantitative estimate of drug-likeness (QED) is 0.0975. The molecule has 0 aromatic heterocycles. The minimum atomic E-state index is -1.21. The zero-order chi connectivity index (χ0) is 32.4. The Kier molecular flexibility index (Phi) is 14.5. The van der Waals surface area contributed by atoms with Gasteiger partial charge >= 0.3 is 5.97 Å². The van der Waals surface area contributed by atoms with E-state index in [-0.39, 0.29) is 51.5 Å². The van der Waals surface area contributed by atoms with Gasteiger partial charge in [-0.3, -0.25) is 19.2 Å². The van der Waals surface area contributed by atoms with Crippen LogP contribution in [-0.2, 0) is 30.5 Å². The van der Waals surface area contributed by atoms with Crippen LogP contribution in [0, 0.1) is 5.92 Å². The molecule has 238 valence electrons. The summed E-state index contributed by atoms with van der Waals surface area (Å²) in [5, 5.41) is 17.0. The number of nitrogens with one attached hydrogen (secondary N) is 2. The molecule has 3 aromatic rings. The van der Waals surface area contributed by atoms with Gasteiger partial charge in [0.15, 0.2) is 0 Å². The predicted octanol–water partition coefficient (Wildman–Crippen LogP) is 5.16. The average Bonchev–Trinajstić information content (AvgIpc) is 3.04. The van der Waals surface area contributed by atoms with Gasteiger partial charge in [0.25, 0.3) is 5.91 Å². The molecule has 3 amide bonds. The van der Waals surface area contributed by atoms with Crippen molar-refractivity contribution in [3.05, 3.63) is 104 Å². The Morgan fingerprint density at radius 1 is 0.889 bits per heavy atom. The predicted molar refractivity (Wildman–Crippen MR) is 176 cm³/mol. The van der Waals surface area contributed by atoms with E-state index in [9.17, 15) is 24.3 Å². The summed E-state index contributed by atoms with van der Waals surface area (Å²) < 4.78 is 5.41. The van der Waals surface area contributed by atoms with Crippen LogP contribution in [0.2, 0.25) is 0 Å². The maximum absolute atomic E-state index is 13.5. The summed E-state index contributed by atoms with van der Waals surface area (Å²) in [6.45, 7) is 7.20. The van der Waals surface area contributed by atoms with Crippen LogP contribution in [0.15, 0.2) is 98.1 Å². The number of aliphatic hydroxyl groups excluding tert-OH is 1. The summed E-state index contributed by atoms with van der Waals surface area (Å²) in [7, 11) is 0. The van der Waals surface area contributed by atoms with Gasteiger partial charge in [-0.15, -0.1) is 13.2 Å². The van der Waals surface area contributed by atoms with Crippen LogP contribution in [0.4, 0.5) is 5.69 Å². The molecule has 0 fully saturated rings. The summed E-state index contributed by atoms with van der Waals surface area (Å²) in [6, 6.07) is 21.3. The van der Waals surface area contributed by atoms with E-state index in [1.807, 2.05) is 66.7 Å². The van der Waals surface area contributed by atoms with Crippen LogP contribution >= 0.6 is 0 Å². The molecule has 45 heavy (non-hydrogen) atoms. The Morgan fingerprint density at radius 2 is 1.62 bits per heavy atom. The molecule has 0 saturated heterocycles. The van der Waals surface area contributed by atoms with E-state index in [1.54, 1.807) is 18.2 Å². The number of rotatable bonds is 19. The number of carbonyl (C=O) groups excluding carboxylic acids is 4. The maximum Gasteiger partial charge on any atom is 0.305 e. The first-order chi connectivity index (χ1) is 21.8. The molecule has 0 spiro atoms. The standard InChI is InChI=1S/C36H43N3O6/c1-3-5-6-10-18-34(42)45-26-32(36(44)37-31-20-19-28-16-11-12-17-29(28)23-31)38-35(43)30(13-4-2)24-33(41)39(21-22-40)25-27-14-8-7-9-15-27/h3-4,7-9,11-12,14-17,19-20,23,30,32,40H,1-2,5-6,10,13,18,21-22,24-26H2,(H,37,44)(H,38,43). The number of amides is 3. The number of hydrogen-bond acceptors (Lipinski definition) is 6. The average molecular weight is 614 g/mol. The van der Waals surface area contributed by atoms with Gasteiger partial charge in [-0.05, 0) is 54.2 Å². The molecule has 0 aliphatic rings. The summed E-state index contributed by atoms with van der Waals surface area (Å²) in [4.78, 5) is 54.2. The Balaban J connectivity index is 1.73. The number of anilines is 1. The van der Waals surface area contributed by atoms with Crippen molar-refractivity contribution >= 4 is 40.2 Å². The molecule has 0 bridgehead atoms. The van der Waals surface area contributed by atoms with Crippen molar-refractivity contribution in [1.29, 1.82) is 0 Å². The minimum Gasteiger partial charge on any atom is -0.463 e. The Bertz CT molecular complexity index is 1440. The molecule has 3 aromatic carbocycles. The van der Waals surface area contributed by atoms with Crippen LogP contribution in [0.3, 0.4) is 0 Å². The third kappa shape index (κ3) is 11.7. The second kappa shape index (κ2) is 18.8. The monoisotopic (exact) mass is 613 g/mol. The summed E-state index contributed by atoms with van der Waals surface area (Å²) in [5.41, 5.74) is 1.41. The maximum atomic E-state index is 13.5. The largest absolute Gasteiger partial charge is 0.463 e. The Labute approximate surface area is 265 Å². The molecule has 3 N–H and O–H groups in total. The van der Waals surface area contributed by atoms with Crippen molar-refractivity contribution in [2.45, 2.75) is 51.1 Å². The fourth-order valence-electron chi connectivity index (χ4n) is 4.82. The summed E-state index contributed by atoms with van der Waals surface area (Å²) in [6.07, 6.45) is 5.70. The fourth-order valence-corrected chi connectivity index (χ4v) is 4.82. The molecule has 0 aliphatic heterocycles. The molecule has 0 heterocycles. The molecule has 9 nitrogen and oxygen atoms in total. The number of carbonyl (C=O) groups is 4. The van der Waals surface area contributed by atoms with E-state index in [1.165, 1.54) is 4.90 Å². The summed E-state index contributed by atoms with van der Waals surface area (Å²) in [5.74, 6) is -2.74. The first-order valence-corrected chi connectivity index (χ1v) is 15.2. The molecule has 0 aliphatic carbocycles. The van der Waals surface area contributed by atoms with Crippen molar-refractivity contribution in [2.24, 2.45) is 5.92 Å². The van der Waals surface area contributed by atoms with Gasteiger partial charge in [0.1, 0.15) is 12.6 Å². The first kappa shape index (κ1) is 34.7. The van der Waals surface area contributed by atoms with E-state index in [0.717, 1.165) is 29.2 Å². The SMILES string of the molecule is C=CCCCCC(=O)OCC(NC(=O)C(CC=C)CC(=O)N(CCO)Cc1ccccc1)C(=O)Nc1ccc2ccccc2c1. The summed E-state index contributed by atoms with van der Waals surface area (Å²) >= 11 is 0. The zero-order valence-corrected chi connectivity index (χ0v) is 25.7. The topological polar surface area (TPSA) is 125 Å². The number of esters is 1. The van der Waals surface area contributed by atoms with E-state index >= 15 is 0 Å². The minimum absolute atomic E-state index is 0.107. The van der Waals surface area contributed by atoms with E-state index < -0.39 is 29.7 Å². The second-order valence-electron chi connectivity index (χ2n) is 10.8. The smallest absolute Gasteiger partial charge is 0.305 e. The van der Waals surface area contributed by atoms with Crippen molar-refractivity contribution in [3.63, 3.8) is 0 Å². The lowest BCUT2D eigenvalue weighted by molar-refractivity contribution is -0.146. The van der Waals surface area contributed by atoms with Crippen LogP contribution in [0.5, 0.6) is 0 Å². The lowest BCUT2D eigenvalue weighted by atomic mass is 9.98. The van der Waals surface area contributed by atoms with Gasteiger partial charge in [-0.25, -0.2) is 0 Å². The number of allylic oxidation sites excluding steroid dienone is 2. The van der Waals surface area contributed by atoms with Crippen molar-refractivity contribution < 1.29 is 29.0 Å². The number of hydrogen-bond donors (Lipinski definition) is 3. The highest BCUT2D eigenvalue weighted by Gasteiger charge is 2.29. The number of nitrogens with zero attached hydrogens (tertiary/aromatic N) is 1. The molecule has 2 atom stereocenters. The van der Waals surface area contributed by atoms with Crippen LogP contribution in [0.1, 0.15) is 44.1 Å². The molecule has 9 heteroatoms. The highest BCUT2D eigenvalue weighted by Crippen LogP contribution is 2.20. The third-order valence-corrected chi connectivity index (χ3v) is 7.28. The van der Waals surface area contributed by atoms with Gasteiger partial charge < -0.3 is 25.4 Å². The van der Waals surface area contributed by atoms with Crippen LogP contribution < -0.4 is 10.6 Å². The van der Waals surface area contributed by atoms with E-state index in [2.05, 4.69) is 23.8 Å². The van der Waals surface area contributed by atoms with Crippen molar-refractivity contribution in [2.75, 3.05) is 25.1 Å². The highest BCUT2D eigenvalue weighted by atomic mass is 16.5.